The van der Waals surface area contributed by atoms with Gasteiger partial charge >= 0.3 is 6.03 Å². The number of nitrogens with one attached hydrogen (secondary N) is 1. The summed E-state index contributed by atoms with van der Waals surface area (Å²) in [5, 5.41) is 6.84. The first kappa shape index (κ1) is 18.6. The van der Waals surface area contributed by atoms with Gasteiger partial charge in [-0.25, -0.2) is 4.79 Å². The molecule has 0 aliphatic carbocycles. The Kier molecular flexibility index (Phi) is 5.49. The highest BCUT2D eigenvalue weighted by Gasteiger charge is 2.16. The summed E-state index contributed by atoms with van der Waals surface area (Å²) >= 11 is 0. The van der Waals surface area contributed by atoms with Crippen LogP contribution in [0, 0.1) is 13.8 Å². The molecule has 0 saturated heterocycles. The van der Waals surface area contributed by atoms with E-state index in [1.165, 1.54) is 0 Å². The quantitative estimate of drug-likeness (QED) is 0.739. The van der Waals surface area contributed by atoms with Crippen LogP contribution in [0.5, 0.6) is 0 Å². The molecule has 0 atom stereocenters. The molecule has 3 aromatic rings. The number of anilines is 1. The molecule has 0 bridgehead atoms. The first-order valence-electron chi connectivity index (χ1n) is 8.84. The van der Waals surface area contributed by atoms with E-state index in [9.17, 15) is 4.79 Å². The van der Waals surface area contributed by atoms with Gasteiger partial charge in [0.1, 0.15) is 0 Å². The zero-order valence-corrected chi connectivity index (χ0v) is 16.0. The Hall–Kier alpha value is -3.22. The van der Waals surface area contributed by atoms with E-state index >= 15 is 0 Å². The number of carbonyl (C=O) groups is 1. The van der Waals surface area contributed by atoms with Gasteiger partial charge in [-0.1, -0.05) is 24.2 Å². The van der Waals surface area contributed by atoms with Crippen molar-refractivity contribution in [2.24, 2.45) is 0 Å². The Bertz CT molecular complexity index is 931. The molecule has 2 aromatic heterocycles. The number of nitrogens with zero attached hydrogens (tertiary/aromatic N) is 4. The van der Waals surface area contributed by atoms with Gasteiger partial charge in [0.2, 0.25) is 0 Å². The maximum atomic E-state index is 12.7. The molecule has 140 valence electrons. The molecule has 2 amide bonds. The molecule has 0 aliphatic heterocycles. The van der Waals surface area contributed by atoms with Crippen LogP contribution in [0.3, 0.4) is 0 Å². The molecule has 1 N–H and O–H groups in total. The number of benzene rings is 1. The van der Waals surface area contributed by atoms with E-state index in [1.54, 1.807) is 11.9 Å². The van der Waals surface area contributed by atoms with Crippen molar-refractivity contribution >= 4 is 11.7 Å². The van der Waals surface area contributed by atoms with E-state index in [2.05, 4.69) is 20.4 Å². The van der Waals surface area contributed by atoms with Gasteiger partial charge in [-0.05, 0) is 43.7 Å². The molecule has 0 aliphatic rings. The van der Waals surface area contributed by atoms with Crippen LogP contribution in [0.1, 0.15) is 29.7 Å². The lowest BCUT2D eigenvalue weighted by molar-refractivity contribution is 0.220. The minimum atomic E-state index is -0.237. The van der Waals surface area contributed by atoms with Crippen LogP contribution in [0.2, 0.25) is 0 Å². The number of hydrogen-bond donors (Lipinski definition) is 1. The van der Waals surface area contributed by atoms with Crippen molar-refractivity contribution in [1.82, 2.24) is 20.0 Å². The van der Waals surface area contributed by atoms with Gasteiger partial charge in [-0.2, -0.15) is 4.98 Å². The van der Waals surface area contributed by atoms with Crippen LogP contribution in [0.4, 0.5) is 10.5 Å². The van der Waals surface area contributed by atoms with Gasteiger partial charge in [-0.3, -0.25) is 4.98 Å². The molecular formula is C20H23N5O2. The molecule has 7 nitrogen and oxygen atoms in total. The lowest BCUT2D eigenvalue weighted by atomic mass is 10.1. The van der Waals surface area contributed by atoms with E-state index in [4.69, 9.17) is 4.52 Å². The minimum Gasteiger partial charge on any atom is -0.334 e. The lowest BCUT2D eigenvalue weighted by Crippen LogP contribution is -2.31. The number of hydrogen-bond acceptors (Lipinski definition) is 5. The van der Waals surface area contributed by atoms with Crippen molar-refractivity contribution in [3.63, 3.8) is 0 Å². The van der Waals surface area contributed by atoms with Gasteiger partial charge in [0.25, 0.3) is 5.89 Å². The molecule has 3 rings (SSSR count). The van der Waals surface area contributed by atoms with Gasteiger partial charge in [0.15, 0.2) is 5.82 Å². The zero-order chi connectivity index (χ0) is 19.4. The smallest absolute Gasteiger partial charge is 0.321 e. The van der Waals surface area contributed by atoms with E-state index < -0.39 is 0 Å². The largest absolute Gasteiger partial charge is 0.334 e. The number of para-hydroxylation sites is 1. The second-order valence-electron chi connectivity index (χ2n) is 6.48. The SMILES string of the molecule is CCc1noc(-c2ccccc2NC(=O)N(C)Cc2cc(C)cc(C)n2)n1. The Balaban J connectivity index is 1.75. The Morgan fingerprint density at radius 1 is 1.19 bits per heavy atom. The number of urea groups is 1. The van der Waals surface area contributed by atoms with Crippen molar-refractivity contribution in [1.29, 1.82) is 0 Å². The van der Waals surface area contributed by atoms with Gasteiger partial charge in [0.05, 0.1) is 23.5 Å². The van der Waals surface area contributed by atoms with Crippen molar-refractivity contribution < 1.29 is 9.32 Å². The first-order chi connectivity index (χ1) is 13.0. The molecule has 0 spiro atoms. The maximum absolute atomic E-state index is 12.7. The van der Waals surface area contributed by atoms with Crippen LogP contribution < -0.4 is 5.32 Å². The van der Waals surface area contributed by atoms with Crippen molar-refractivity contribution in [2.45, 2.75) is 33.7 Å². The summed E-state index contributed by atoms with van der Waals surface area (Å²) < 4.78 is 5.31. The predicted molar refractivity (Wildman–Crippen MR) is 103 cm³/mol. The van der Waals surface area contributed by atoms with E-state index in [-0.39, 0.29) is 6.03 Å². The zero-order valence-electron chi connectivity index (χ0n) is 16.0. The number of carbonyl (C=O) groups excluding carboxylic acids is 1. The summed E-state index contributed by atoms with van der Waals surface area (Å²) in [4.78, 5) is 23.1. The highest BCUT2D eigenvalue weighted by atomic mass is 16.5. The molecule has 2 heterocycles. The highest BCUT2D eigenvalue weighted by Crippen LogP contribution is 2.26. The summed E-state index contributed by atoms with van der Waals surface area (Å²) in [5.41, 5.74) is 4.22. The fourth-order valence-electron chi connectivity index (χ4n) is 2.82. The third-order valence-electron chi connectivity index (χ3n) is 4.08. The van der Waals surface area contributed by atoms with E-state index in [1.807, 2.05) is 57.2 Å². The van der Waals surface area contributed by atoms with Crippen molar-refractivity contribution in [3.8, 4) is 11.5 Å². The molecular weight excluding hydrogens is 342 g/mol. The molecule has 27 heavy (non-hydrogen) atoms. The Labute approximate surface area is 158 Å². The van der Waals surface area contributed by atoms with Gasteiger partial charge < -0.3 is 14.7 Å². The molecule has 0 unspecified atom stereocenters. The lowest BCUT2D eigenvalue weighted by Gasteiger charge is -2.19. The summed E-state index contributed by atoms with van der Waals surface area (Å²) in [5.74, 6) is 1.02. The number of amides is 2. The van der Waals surface area contributed by atoms with Crippen LogP contribution >= 0.6 is 0 Å². The van der Waals surface area contributed by atoms with Gasteiger partial charge in [-0.15, -0.1) is 0 Å². The van der Waals surface area contributed by atoms with E-state index in [0.717, 1.165) is 17.0 Å². The van der Waals surface area contributed by atoms with Crippen molar-refractivity contribution in [3.05, 3.63) is 59.2 Å². The summed E-state index contributed by atoms with van der Waals surface area (Å²) in [6.07, 6.45) is 0.684. The fourth-order valence-corrected chi connectivity index (χ4v) is 2.82. The topological polar surface area (TPSA) is 84.2 Å². The minimum absolute atomic E-state index is 0.237. The van der Waals surface area contributed by atoms with Crippen LogP contribution in [-0.4, -0.2) is 33.1 Å². The number of rotatable bonds is 5. The number of pyridine rings is 1. The second kappa shape index (κ2) is 7.99. The fraction of sp³-hybridized carbons (Fsp3) is 0.300. The normalized spacial score (nSPS) is 10.7. The predicted octanol–water partition coefficient (Wildman–Crippen LogP) is 3.97. The second-order valence-corrected chi connectivity index (χ2v) is 6.48. The third-order valence-corrected chi connectivity index (χ3v) is 4.08. The standard InChI is InChI=1S/C20H23N5O2/c1-5-18-23-19(27-24-18)16-8-6-7-9-17(16)22-20(26)25(4)12-15-11-13(2)10-14(3)21-15/h6-11H,5,12H2,1-4H3,(H,22,26). The average Bonchev–Trinajstić information content (AvgIpc) is 3.10. The molecule has 0 radical (unpaired) electrons. The summed E-state index contributed by atoms with van der Waals surface area (Å²) in [6.45, 7) is 6.33. The number of aryl methyl sites for hydroxylation is 3. The monoisotopic (exact) mass is 365 g/mol. The Morgan fingerprint density at radius 3 is 2.67 bits per heavy atom. The van der Waals surface area contributed by atoms with E-state index in [0.29, 0.717) is 35.9 Å². The highest BCUT2D eigenvalue weighted by molar-refractivity contribution is 5.93. The summed E-state index contributed by atoms with van der Waals surface area (Å²) in [7, 11) is 1.74. The first-order valence-corrected chi connectivity index (χ1v) is 8.84. The molecule has 0 saturated carbocycles. The third kappa shape index (κ3) is 4.49. The van der Waals surface area contributed by atoms with Crippen LogP contribution in [-0.2, 0) is 13.0 Å². The van der Waals surface area contributed by atoms with Crippen molar-refractivity contribution in [2.75, 3.05) is 12.4 Å². The molecule has 0 fully saturated rings. The summed E-state index contributed by atoms with van der Waals surface area (Å²) in [6, 6.07) is 11.1. The molecule has 7 heteroatoms. The van der Waals surface area contributed by atoms with Crippen LogP contribution in [0.25, 0.3) is 11.5 Å². The average molecular weight is 365 g/mol. The van der Waals surface area contributed by atoms with Crippen LogP contribution in [0.15, 0.2) is 40.9 Å². The number of aromatic nitrogens is 3. The van der Waals surface area contributed by atoms with Gasteiger partial charge in [0, 0.05) is 19.2 Å². The molecule has 1 aromatic carbocycles. The Morgan fingerprint density at radius 2 is 1.96 bits per heavy atom. The maximum Gasteiger partial charge on any atom is 0.321 e.